The van der Waals surface area contributed by atoms with Crippen LogP contribution >= 0.6 is 11.6 Å². The van der Waals surface area contributed by atoms with Gasteiger partial charge in [-0.25, -0.2) is 13.1 Å². The fourth-order valence-corrected chi connectivity index (χ4v) is 6.12. The van der Waals surface area contributed by atoms with Gasteiger partial charge in [-0.2, -0.15) is 22.6 Å². The van der Waals surface area contributed by atoms with Crippen LogP contribution in [0.1, 0.15) is 11.1 Å². The molecule has 5 aromatic rings. The van der Waals surface area contributed by atoms with Crippen LogP contribution in [0.4, 0.5) is 13.2 Å². The van der Waals surface area contributed by atoms with Gasteiger partial charge in [-0.1, -0.05) is 66.2 Å². The maximum Gasteiger partial charge on any atom is 0.416 e. The molecular formula is C32H25ClF3N3O4S. The van der Waals surface area contributed by atoms with E-state index in [9.17, 15) is 31.5 Å². The maximum atomic E-state index is 13.5. The second-order valence-electron chi connectivity index (χ2n) is 9.97. The van der Waals surface area contributed by atoms with Gasteiger partial charge in [-0.05, 0) is 66.6 Å². The van der Waals surface area contributed by atoms with E-state index in [1.165, 1.54) is 48.1 Å². The summed E-state index contributed by atoms with van der Waals surface area (Å²) in [5.74, 6) is -1.29. The Labute approximate surface area is 256 Å². The van der Waals surface area contributed by atoms with Crippen molar-refractivity contribution in [2.45, 2.75) is 23.5 Å². The molecule has 0 saturated carbocycles. The lowest BCUT2D eigenvalue weighted by Crippen LogP contribution is -2.43. The van der Waals surface area contributed by atoms with Gasteiger partial charge < -0.3 is 5.11 Å². The first-order valence-electron chi connectivity index (χ1n) is 13.2. The number of nitrogens with zero attached hydrogens (tertiary/aromatic N) is 3. The first kappa shape index (κ1) is 31.0. The first-order valence-corrected chi connectivity index (χ1v) is 15.1. The molecule has 1 heterocycles. The van der Waals surface area contributed by atoms with Crippen molar-refractivity contribution in [3.63, 3.8) is 0 Å². The van der Waals surface area contributed by atoms with E-state index in [1.807, 2.05) is 0 Å². The molecular weight excluding hydrogens is 615 g/mol. The lowest BCUT2D eigenvalue weighted by Gasteiger charge is -2.24. The lowest BCUT2D eigenvalue weighted by atomic mass is 10.1. The number of likely N-dealkylation sites (N-methyl/N-ethyl adjacent to an activating group) is 1. The number of hydrogen-bond donors (Lipinski definition) is 1. The number of halogens is 4. The van der Waals surface area contributed by atoms with Crippen molar-refractivity contribution in [1.82, 2.24) is 14.1 Å². The summed E-state index contributed by atoms with van der Waals surface area (Å²) < 4.78 is 68.9. The first-order chi connectivity index (χ1) is 20.8. The molecule has 1 aromatic heterocycles. The smallest absolute Gasteiger partial charge is 0.416 e. The zero-order valence-corrected chi connectivity index (χ0v) is 24.7. The highest BCUT2D eigenvalue weighted by atomic mass is 35.5. The van der Waals surface area contributed by atoms with Crippen molar-refractivity contribution in [2.24, 2.45) is 0 Å². The minimum atomic E-state index is -4.50. The summed E-state index contributed by atoms with van der Waals surface area (Å²) in [7, 11) is -3.00. The van der Waals surface area contributed by atoms with E-state index < -0.39 is 33.8 Å². The van der Waals surface area contributed by atoms with Gasteiger partial charge in [0.1, 0.15) is 6.04 Å². The van der Waals surface area contributed by atoms with E-state index in [-0.39, 0.29) is 11.3 Å². The van der Waals surface area contributed by atoms with Crippen molar-refractivity contribution >= 4 is 27.6 Å². The average Bonchev–Trinajstić information content (AvgIpc) is 3.45. The van der Waals surface area contributed by atoms with Crippen LogP contribution in [0.2, 0.25) is 5.02 Å². The molecule has 4 aromatic carbocycles. The van der Waals surface area contributed by atoms with Crippen molar-refractivity contribution in [1.29, 1.82) is 0 Å². The number of hydrogen-bond acceptors (Lipinski definition) is 4. The summed E-state index contributed by atoms with van der Waals surface area (Å²) in [5.41, 5.74) is 2.44. The highest BCUT2D eigenvalue weighted by molar-refractivity contribution is 7.89. The van der Waals surface area contributed by atoms with Crippen molar-refractivity contribution < 1.29 is 31.5 Å². The molecule has 0 radical (unpaired) electrons. The van der Waals surface area contributed by atoms with Crippen LogP contribution in [0.25, 0.3) is 28.2 Å². The Morgan fingerprint density at radius 3 is 2.07 bits per heavy atom. The Balaban J connectivity index is 1.51. The monoisotopic (exact) mass is 639 g/mol. The molecule has 0 amide bonds. The molecule has 0 aliphatic rings. The second-order valence-corrected chi connectivity index (χ2v) is 12.4. The molecule has 226 valence electrons. The molecule has 0 saturated heterocycles. The number of aromatic nitrogens is 2. The van der Waals surface area contributed by atoms with Crippen molar-refractivity contribution in [3.8, 4) is 28.2 Å². The Bertz CT molecular complexity index is 1880. The third-order valence-electron chi connectivity index (χ3n) is 7.11. The number of alkyl halides is 3. The van der Waals surface area contributed by atoms with Crippen molar-refractivity contribution in [2.75, 3.05) is 7.05 Å². The average molecular weight is 640 g/mol. The second kappa shape index (κ2) is 12.3. The zero-order valence-electron chi connectivity index (χ0n) is 23.1. The van der Waals surface area contributed by atoms with Crippen LogP contribution in [-0.4, -0.2) is 46.7 Å². The van der Waals surface area contributed by atoms with E-state index in [1.54, 1.807) is 60.7 Å². The molecule has 0 spiro atoms. The number of rotatable bonds is 9. The lowest BCUT2D eigenvalue weighted by molar-refractivity contribution is -0.141. The number of aliphatic carboxylic acids is 1. The van der Waals surface area contributed by atoms with Crippen LogP contribution < -0.4 is 0 Å². The van der Waals surface area contributed by atoms with E-state index in [0.717, 1.165) is 16.4 Å². The maximum absolute atomic E-state index is 13.5. The Hall–Kier alpha value is -4.45. The van der Waals surface area contributed by atoms with E-state index >= 15 is 0 Å². The SMILES string of the molecule is CN(C(Cc1ccccc1)C(=O)O)S(=O)(=O)c1ccc(-n2nc(-c3ccc(Cl)cc3)cc2-c2ccc(C(F)(F)F)cc2)cc1. The van der Waals surface area contributed by atoms with E-state index in [2.05, 4.69) is 5.10 Å². The normalized spacial score (nSPS) is 12.8. The van der Waals surface area contributed by atoms with Gasteiger partial charge in [0.15, 0.2) is 0 Å². The highest BCUT2D eigenvalue weighted by Crippen LogP contribution is 2.34. The van der Waals surface area contributed by atoms with Gasteiger partial charge in [0.2, 0.25) is 10.0 Å². The van der Waals surface area contributed by atoms with Gasteiger partial charge >= 0.3 is 12.1 Å². The number of sulfonamides is 1. The zero-order chi connectivity index (χ0) is 31.6. The number of carbonyl (C=O) groups is 1. The number of carboxylic acid groups (broad SMARTS) is 1. The summed E-state index contributed by atoms with van der Waals surface area (Å²) in [6.07, 6.45) is -4.52. The van der Waals surface area contributed by atoms with E-state index in [0.29, 0.717) is 38.8 Å². The van der Waals surface area contributed by atoms with Gasteiger partial charge in [0.05, 0.1) is 27.5 Å². The van der Waals surface area contributed by atoms with Crippen LogP contribution in [-0.2, 0) is 27.4 Å². The summed E-state index contributed by atoms with van der Waals surface area (Å²) in [6.45, 7) is 0. The van der Waals surface area contributed by atoms with Crippen molar-refractivity contribution in [3.05, 3.63) is 125 Å². The number of carboxylic acids is 1. The summed E-state index contributed by atoms with van der Waals surface area (Å²) in [6, 6.07) is 26.3. The fourth-order valence-electron chi connectivity index (χ4n) is 4.68. The third-order valence-corrected chi connectivity index (χ3v) is 9.24. The quantitative estimate of drug-likeness (QED) is 0.184. The molecule has 12 heteroatoms. The van der Waals surface area contributed by atoms with Gasteiger partial charge in [-0.15, -0.1) is 0 Å². The molecule has 0 aliphatic heterocycles. The molecule has 7 nitrogen and oxygen atoms in total. The van der Waals surface area contributed by atoms with Gasteiger partial charge in [0.25, 0.3) is 0 Å². The van der Waals surface area contributed by atoms with Gasteiger partial charge in [0, 0.05) is 23.2 Å². The molecule has 5 rings (SSSR count). The third kappa shape index (κ3) is 6.54. The summed E-state index contributed by atoms with van der Waals surface area (Å²) >= 11 is 6.03. The fraction of sp³-hybridized carbons (Fsp3) is 0.125. The predicted molar refractivity (Wildman–Crippen MR) is 161 cm³/mol. The van der Waals surface area contributed by atoms with Crippen LogP contribution in [0, 0.1) is 0 Å². The number of benzene rings is 4. The molecule has 0 bridgehead atoms. The predicted octanol–water partition coefficient (Wildman–Crippen LogP) is 7.19. The molecule has 1 unspecified atom stereocenters. The Kier molecular flexibility index (Phi) is 8.64. The van der Waals surface area contributed by atoms with Gasteiger partial charge in [-0.3, -0.25) is 4.79 Å². The molecule has 0 fully saturated rings. The Morgan fingerprint density at radius 2 is 1.50 bits per heavy atom. The van der Waals surface area contributed by atoms with E-state index in [4.69, 9.17) is 11.6 Å². The molecule has 1 N–H and O–H groups in total. The van der Waals surface area contributed by atoms with Crippen LogP contribution in [0.15, 0.2) is 114 Å². The summed E-state index contributed by atoms with van der Waals surface area (Å²) in [4.78, 5) is 11.9. The standard InChI is InChI=1S/C32H25ClF3N3O4S/c1-38(30(31(40)41)19-21-5-3-2-4-6-21)44(42,43)27-17-15-26(16-18-27)39-29(23-7-11-24(12-8-23)32(34,35)36)20-28(37-39)22-9-13-25(33)14-10-22/h2-18,20,30H,19H2,1H3,(H,40,41). The van der Waals surface area contributed by atoms with Crippen LogP contribution in [0.3, 0.4) is 0 Å². The topological polar surface area (TPSA) is 92.5 Å². The van der Waals surface area contributed by atoms with Crippen LogP contribution in [0.5, 0.6) is 0 Å². The highest BCUT2D eigenvalue weighted by Gasteiger charge is 2.33. The minimum absolute atomic E-state index is 0.0265. The molecule has 1 atom stereocenters. The molecule has 0 aliphatic carbocycles. The summed E-state index contributed by atoms with van der Waals surface area (Å²) in [5, 5.41) is 15.0. The largest absolute Gasteiger partial charge is 0.480 e. The minimum Gasteiger partial charge on any atom is -0.480 e. The molecule has 44 heavy (non-hydrogen) atoms. The Morgan fingerprint density at radius 1 is 0.909 bits per heavy atom.